The van der Waals surface area contributed by atoms with E-state index in [9.17, 15) is 27.6 Å². The molecule has 1 aliphatic rings. The molecule has 10 heteroatoms. The van der Waals surface area contributed by atoms with Crippen LogP contribution < -0.4 is 10.1 Å². The van der Waals surface area contributed by atoms with Gasteiger partial charge in [-0.3, -0.25) is 14.4 Å². The van der Waals surface area contributed by atoms with Crippen LogP contribution in [0.5, 0.6) is 5.75 Å². The van der Waals surface area contributed by atoms with Gasteiger partial charge in [-0.2, -0.15) is 13.2 Å². The average molecular weight is 513 g/mol. The molecule has 27 heavy (non-hydrogen) atoms. The van der Waals surface area contributed by atoms with Gasteiger partial charge in [0.25, 0.3) is 0 Å². The highest BCUT2D eigenvalue weighted by Gasteiger charge is 2.42. The molecule has 0 aliphatic heterocycles. The Morgan fingerprint density at radius 1 is 1.15 bits per heavy atom. The normalized spacial score (nSPS) is 15.5. The molecule has 1 N–H and O–H groups in total. The van der Waals surface area contributed by atoms with Crippen molar-refractivity contribution in [1.82, 2.24) is 5.32 Å². The fourth-order valence-corrected chi connectivity index (χ4v) is 3.90. The van der Waals surface area contributed by atoms with Gasteiger partial charge in [0.2, 0.25) is 0 Å². The summed E-state index contributed by atoms with van der Waals surface area (Å²) in [4.78, 5) is 37.4. The number of halogens is 5. The van der Waals surface area contributed by atoms with Crippen LogP contribution in [0.25, 0.3) is 0 Å². The lowest BCUT2D eigenvalue weighted by Gasteiger charge is -2.27. The summed E-state index contributed by atoms with van der Waals surface area (Å²) >= 11 is 6.35. The van der Waals surface area contributed by atoms with Gasteiger partial charge in [-0.1, -0.05) is 37.9 Å². The minimum absolute atomic E-state index is 0.0208. The molecule has 0 bridgehead atoms. The van der Waals surface area contributed by atoms with Crippen LogP contribution in [-0.4, -0.2) is 42.1 Å². The molecule has 2 rings (SSSR count). The highest BCUT2D eigenvalue weighted by atomic mass is 79.9. The lowest BCUT2D eigenvalue weighted by molar-refractivity contribution is -0.174. The van der Waals surface area contributed by atoms with Crippen molar-refractivity contribution >= 4 is 49.3 Å². The van der Waals surface area contributed by atoms with Gasteiger partial charge in [0.1, 0.15) is 5.75 Å². The smallest absolute Gasteiger partial charge is 0.471 e. The number of Topliss-reactive ketones (excluding diaryl/α,β-unsaturated/α-hetero) is 2. The number of hydrogen-bond donors (Lipinski definition) is 1. The van der Waals surface area contributed by atoms with Crippen LogP contribution in [0.1, 0.15) is 33.2 Å². The highest BCUT2D eigenvalue weighted by Crippen LogP contribution is 2.37. The standard InChI is InChI=1S/C17H14Br2F3NO4/c1-7(23-16(26)17(20,21)22)11-9(6-19)14(24)13-10(27-2)4-3-8(5-18)12(13)15(11)25/h3-4,7H,5-6H2,1-2H3,(H,23,26). The van der Waals surface area contributed by atoms with E-state index in [4.69, 9.17) is 4.74 Å². The van der Waals surface area contributed by atoms with Crippen molar-refractivity contribution in [3.05, 3.63) is 40.0 Å². The monoisotopic (exact) mass is 511 g/mol. The fraction of sp³-hybridized carbons (Fsp3) is 0.353. The summed E-state index contributed by atoms with van der Waals surface area (Å²) < 4.78 is 42.9. The molecule has 0 fully saturated rings. The van der Waals surface area contributed by atoms with E-state index in [-0.39, 0.29) is 38.7 Å². The van der Waals surface area contributed by atoms with E-state index in [2.05, 4.69) is 31.9 Å². The summed E-state index contributed by atoms with van der Waals surface area (Å²) in [5.41, 5.74) is 0.408. The molecule has 1 atom stereocenters. The number of ketones is 2. The number of fused-ring (bicyclic) bond motifs is 1. The van der Waals surface area contributed by atoms with E-state index in [1.54, 1.807) is 17.4 Å². The molecular weight excluding hydrogens is 499 g/mol. The lowest BCUT2D eigenvalue weighted by atomic mass is 9.79. The van der Waals surface area contributed by atoms with Crippen molar-refractivity contribution in [1.29, 1.82) is 0 Å². The van der Waals surface area contributed by atoms with Crippen molar-refractivity contribution in [2.45, 2.75) is 24.5 Å². The molecule has 0 radical (unpaired) electrons. The molecule has 146 valence electrons. The summed E-state index contributed by atoms with van der Waals surface area (Å²) in [6.45, 7) is 1.23. The van der Waals surface area contributed by atoms with Crippen LogP contribution in [0.3, 0.4) is 0 Å². The molecule has 1 unspecified atom stereocenters. The van der Waals surface area contributed by atoms with Crippen LogP contribution in [-0.2, 0) is 10.1 Å². The second-order valence-electron chi connectivity index (χ2n) is 5.69. The number of alkyl halides is 5. The molecule has 0 aromatic heterocycles. The average Bonchev–Trinajstić information content (AvgIpc) is 2.61. The summed E-state index contributed by atoms with van der Waals surface area (Å²) in [5.74, 6) is -3.15. The summed E-state index contributed by atoms with van der Waals surface area (Å²) in [5, 5.41) is 1.92. The van der Waals surface area contributed by atoms with Gasteiger partial charge >= 0.3 is 12.1 Å². The van der Waals surface area contributed by atoms with Gasteiger partial charge in [0, 0.05) is 27.4 Å². The lowest BCUT2D eigenvalue weighted by Crippen LogP contribution is -2.45. The predicted molar refractivity (Wildman–Crippen MR) is 98.8 cm³/mol. The number of allylic oxidation sites excluding steroid dienone is 1. The molecular formula is C17H14Br2F3NO4. The zero-order valence-corrected chi connectivity index (χ0v) is 17.3. The first kappa shape index (κ1) is 21.6. The first-order chi connectivity index (χ1) is 12.6. The van der Waals surface area contributed by atoms with E-state index < -0.39 is 29.7 Å². The van der Waals surface area contributed by atoms with Crippen molar-refractivity contribution in [3.63, 3.8) is 0 Å². The minimum atomic E-state index is -5.10. The Morgan fingerprint density at radius 3 is 2.26 bits per heavy atom. The van der Waals surface area contributed by atoms with E-state index in [1.807, 2.05) is 0 Å². The predicted octanol–water partition coefficient (Wildman–Crippen LogP) is 3.73. The molecule has 1 aliphatic carbocycles. The Balaban J connectivity index is 2.63. The second kappa shape index (κ2) is 8.14. The Hall–Kier alpha value is -1.68. The van der Waals surface area contributed by atoms with Crippen LogP contribution in [0.2, 0.25) is 0 Å². The topological polar surface area (TPSA) is 72.5 Å². The van der Waals surface area contributed by atoms with Crippen molar-refractivity contribution in [3.8, 4) is 5.75 Å². The van der Waals surface area contributed by atoms with Gasteiger partial charge < -0.3 is 10.1 Å². The quantitative estimate of drug-likeness (QED) is 0.610. The van der Waals surface area contributed by atoms with Gasteiger partial charge in [-0.15, -0.1) is 0 Å². The first-order valence-electron chi connectivity index (χ1n) is 7.60. The first-order valence-corrected chi connectivity index (χ1v) is 9.84. The number of carbonyl (C=O) groups excluding carboxylic acids is 3. The number of benzene rings is 1. The van der Waals surface area contributed by atoms with Crippen LogP contribution in [0.15, 0.2) is 23.3 Å². The number of carbonyl (C=O) groups is 3. The maximum absolute atomic E-state index is 13.1. The van der Waals surface area contributed by atoms with Gasteiger partial charge in [0.05, 0.1) is 18.7 Å². The molecule has 1 aromatic carbocycles. The SMILES string of the molecule is COc1ccc(CBr)c2c1C(=O)C(CBr)=C(C(C)NC(=O)C(F)(F)F)C2=O. The zero-order chi connectivity index (χ0) is 20.5. The number of methoxy groups -OCH3 is 1. The second-order valence-corrected chi connectivity index (χ2v) is 6.81. The fourth-order valence-electron chi connectivity index (χ4n) is 2.88. The molecule has 0 saturated carbocycles. The summed E-state index contributed by atoms with van der Waals surface area (Å²) in [7, 11) is 1.35. The Labute approximate surface area is 169 Å². The van der Waals surface area contributed by atoms with E-state index in [0.29, 0.717) is 5.56 Å². The van der Waals surface area contributed by atoms with Crippen molar-refractivity contribution in [2.75, 3.05) is 12.4 Å². The minimum Gasteiger partial charge on any atom is -0.496 e. The number of nitrogens with one attached hydrogen (secondary N) is 1. The molecule has 0 saturated heterocycles. The van der Waals surface area contributed by atoms with Crippen molar-refractivity contribution < 1.29 is 32.3 Å². The zero-order valence-electron chi connectivity index (χ0n) is 14.2. The van der Waals surface area contributed by atoms with Gasteiger partial charge in [-0.25, -0.2) is 0 Å². The molecule has 0 spiro atoms. The molecule has 1 amide bonds. The van der Waals surface area contributed by atoms with Crippen molar-refractivity contribution in [2.24, 2.45) is 0 Å². The Bertz CT molecular complexity index is 849. The Kier molecular flexibility index (Phi) is 6.51. The highest BCUT2D eigenvalue weighted by molar-refractivity contribution is 9.09. The van der Waals surface area contributed by atoms with Crippen LogP contribution in [0.4, 0.5) is 13.2 Å². The van der Waals surface area contributed by atoms with E-state index in [1.165, 1.54) is 14.0 Å². The largest absolute Gasteiger partial charge is 0.496 e. The number of amides is 1. The van der Waals surface area contributed by atoms with Gasteiger partial charge in [0.15, 0.2) is 11.6 Å². The third-order valence-electron chi connectivity index (χ3n) is 4.09. The number of ether oxygens (including phenoxy) is 1. The molecule has 5 nitrogen and oxygen atoms in total. The third kappa shape index (κ3) is 3.96. The maximum atomic E-state index is 13.1. The number of rotatable bonds is 5. The van der Waals surface area contributed by atoms with Crippen LogP contribution >= 0.6 is 31.9 Å². The number of hydrogen-bond acceptors (Lipinski definition) is 4. The van der Waals surface area contributed by atoms with E-state index in [0.717, 1.165) is 0 Å². The summed E-state index contributed by atoms with van der Waals surface area (Å²) in [6, 6.07) is 1.82. The van der Waals surface area contributed by atoms with Crippen LogP contribution in [0, 0.1) is 0 Å². The molecule has 0 heterocycles. The Morgan fingerprint density at radius 2 is 1.78 bits per heavy atom. The van der Waals surface area contributed by atoms with Gasteiger partial charge in [-0.05, 0) is 18.6 Å². The third-order valence-corrected chi connectivity index (χ3v) is 5.25. The maximum Gasteiger partial charge on any atom is 0.471 e. The van der Waals surface area contributed by atoms with E-state index >= 15 is 0 Å². The molecule has 1 aromatic rings. The summed E-state index contributed by atoms with van der Waals surface area (Å²) in [6.07, 6.45) is -5.10.